The van der Waals surface area contributed by atoms with Crippen molar-refractivity contribution in [1.82, 2.24) is 0 Å². The maximum Gasteiger partial charge on any atom is 0.264 e. The summed E-state index contributed by atoms with van der Waals surface area (Å²) >= 11 is 0. The lowest BCUT2D eigenvalue weighted by Gasteiger charge is -2.26. The van der Waals surface area contributed by atoms with Crippen LogP contribution < -0.4 is 23.8 Å². The van der Waals surface area contributed by atoms with Gasteiger partial charge in [0.15, 0.2) is 11.5 Å². The lowest BCUT2D eigenvalue weighted by Crippen LogP contribution is -2.38. The molecule has 1 N–H and O–H groups in total. The zero-order valence-electron chi connectivity index (χ0n) is 19.0. The number of nitrogens with zero attached hydrogens (tertiary/aromatic N) is 1. The van der Waals surface area contributed by atoms with Crippen LogP contribution >= 0.6 is 0 Å². The molecule has 3 aromatic rings. The molecule has 0 aromatic heterocycles. The third kappa shape index (κ3) is 5.09. The van der Waals surface area contributed by atoms with Crippen LogP contribution in [0, 0.1) is 6.92 Å². The van der Waals surface area contributed by atoms with E-state index < -0.39 is 22.5 Å². The van der Waals surface area contributed by atoms with Crippen LogP contribution in [0.15, 0.2) is 71.6 Å². The lowest BCUT2D eigenvalue weighted by atomic mass is 10.2. The van der Waals surface area contributed by atoms with E-state index in [4.69, 9.17) is 14.2 Å². The molecule has 0 radical (unpaired) electrons. The molecule has 8 nitrogen and oxygen atoms in total. The van der Waals surface area contributed by atoms with Gasteiger partial charge in [-0.1, -0.05) is 29.8 Å². The quantitative estimate of drug-likeness (QED) is 0.522. The minimum atomic E-state index is -4.07. The average Bonchev–Trinajstić information content (AvgIpc) is 2.83. The summed E-state index contributed by atoms with van der Waals surface area (Å²) < 4.78 is 45.1. The van der Waals surface area contributed by atoms with E-state index in [1.807, 2.05) is 13.8 Å². The van der Waals surface area contributed by atoms with Crippen LogP contribution in [0.2, 0.25) is 0 Å². The second-order valence-corrected chi connectivity index (χ2v) is 9.49. The molecule has 9 heteroatoms. The summed E-state index contributed by atoms with van der Waals surface area (Å²) in [4.78, 5) is 13.1. The lowest BCUT2D eigenvalue weighted by molar-refractivity contribution is -0.114. The largest absolute Gasteiger partial charge is 0.492 e. The molecular weight excluding hydrogens is 456 g/mol. The van der Waals surface area contributed by atoms with Gasteiger partial charge in [-0.3, -0.25) is 9.10 Å². The van der Waals surface area contributed by atoms with Crippen LogP contribution in [0.5, 0.6) is 17.2 Å². The first-order valence-corrected chi connectivity index (χ1v) is 12.3. The molecule has 0 bridgehead atoms. The van der Waals surface area contributed by atoms with Crippen molar-refractivity contribution in [3.63, 3.8) is 0 Å². The number of hydrogen-bond donors (Lipinski definition) is 1. The first-order valence-electron chi connectivity index (χ1n) is 10.9. The Labute approximate surface area is 199 Å². The first kappa shape index (κ1) is 23.4. The van der Waals surface area contributed by atoms with Gasteiger partial charge < -0.3 is 19.5 Å². The van der Waals surface area contributed by atoms with E-state index in [0.29, 0.717) is 42.8 Å². The molecule has 1 aliphatic heterocycles. The number of hydrogen-bond acceptors (Lipinski definition) is 6. The Morgan fingerprint density at radius 1 is 1.00 bits per heavy atom. The summed E-state index contributed by atoms with van der Waals surface area (Å²) in [7, 11) is -4.07. The average molecular weight is 483 g/mol. The number of ether oxygens (including phenoxy) is 3. The van der Waals surface area contributed by atoms with Crippen LogP contribution in [-0.2, 0) is 14.8 Å². The normalized spacial score (nSPS) is 12.6. The second kappa shape index (κ2) is 10.0. The third-order valence-electron chi connectivity index (χ3n) is 5.16. The van der Waals surface area contributed by atoms with E-state index in [1.165, 1.54) is 12.1 Å². The third-order valence-corrected chi connectivity index (χ3v) is 6.93. The summed E-state index contributed by atoms with van der Waals surface area (Å²) in [6.07, 6.45) is 0. The molecule has 4 rings (SSSR count). The van der Waals surface area contributed by atoms with Gasteiger partial charge in [-0.25, -0.2) is 8.42 Å². The van der Waals surface area contributed by atoms with Gasteiger partial charge in [-0.05, 0) is 50.2 Å². The standard InChI is InChI=1S/C25H26N2O6S/c1-3-31-22-7-5-4-6-21(22)27(34(29,30)20-11-8-18(2)9-12-20)17-25(28)26-19-10-13-23-24(16-19)33-15-14-32-23/h4-13,16H,3,14-15,17H2,1-2H3,(H,26,28). The van der Waals surface area contributed by atoms with Gasteiger partial charge in [0.25, 0.3) is 10.0 Å². The molecule has 0 saturated carbocycles. The molecule has 1 amide bonds. The first-order chi connectivity index (χ1) is 16.4. The highest BCUT2D eigenvalue weighted by Crippen LogP contribution is 2.34. The van der Waals surface area contributed by atoms with Gasteiger partial charge in [0.2, 0.25) is 5.91 Å². The van der Waals surface area contributed by atoms with E-state index in [-0.39, 0.29) is 10.6 Å². The number of fused-ring (bicyclic) bond motifs is 1. The summed E-state index contributed by atoms with van der Waals surface area (Å²) in [6, 6.07) is 18.3. The zero-order valence-corrected chi connectivity index (χ0v) is 19.8. The van der Waals surface area contributed by atoms with Gasteiger partial charge in [-0.15, -0.1) is 0 Å². The number of anilines is 2. The molecular formula is C25H26N2O6S. The maximum absolute atomic E-state index is 13.6. The summed E-state index contributed by atoms with van der Waals surface area (Å²) in [5.41, 5.74) is 1.68. The number of carbonyl (C=O) groups excluding carboxylic acids is 1. The summed E-state index contributed by atoms with van der Waals surface area (Å²) in [5.74, 6) is 0.972. The maximum atomic E-state index is 13.6. The number of sulfonamides is 1. The Bertz CT molecular complexity index is 1270. The molecule has 0 saturated heterocycles. The highest BCUT2D eigenvalue weighted by molar-refractivity contribution is 7.92. The Morgan fingerprint density at radius 3 is 2.44 bits per heavy atom. The fourth-order valence-electron chi connectivity index (χ4n) is 3.53. The second-order valence-electron chi connectivity index (χ2n) is 7.63. The van der Waals surface area contributed by atoms with Gasteiger partial charge in [0.1, 0.15) is 25.5 Å². The predicted molar refractivity (Wildman–Crippen MR) is 129 cm³/mol. The van der Waals surface area contributed by atoms with Crippen molar-refractivity contribution in [3.8, 4) is 17.2 Å². The highest BCUT2D eigenvalue weighted by Gasteiger charge is 2.29. The van der Waals surface area contributed by atoms with Crippen molar-refractivity contribution in [3.05, 3.63) is 72.3 Å². The van der Waals surface area contributed by atoms with Crippen molar-refractivity contribution in [2.45, 2.75) is 18.7 Å². The zero-order chi connectivity index (χ0) is 24.1. The van der Waals surface area contributed by atoms with E-state index in [2.05, 4.69) is 5.32 Å². The van der Waals surface area contributed by atoms with Crippen molar-refractivity contribution >= 4 is 27.3 Å². The molecule has 34 heavy (non-hydrogen) atoms. The van der Waals surface area contributed by atoms with Crippen LogP contribution in [-0.4, -0.2) is 40.7 Å². The van der Waals surface area contributed by atoms with Crippen molar-refractivity contribution < 1.29 is 27.4 Å². The van der Waals surface area contributed by atoms with Gasteiger partial charge in [0.05, 0.1) is 17.2 Å². The number of aryl methyl sites for hydroxylation is 1. The van der Waals surface area contributed by atoms with Crippen molar-refractivity contribution in [2.24, 2.45) is 0 Å². The van der Waals surface area contributed by atoms with E-state index in [9.17, 15) is 13.2 Å². The predicted octanol–water partition coefficient (Wildman–Crippen LogP) is 4.00. The number of rotatable bonds is 8. The molecule has 1 aliphatic rings. The van der Waals surface area contributed by atoms with Crippen molar-refractivity contribution in [2.75, 3.05) is 36.0 Å². The monoisotopic (exact) mass is 482 g/mol. The van der Waals surface area contributed by atoms with Crippen LogP contribution in [0.4, 0.5) is 11.4 Å². The summed E-state index contributed by atoms with van der Waals surface area (Å²) in [6.45, 7) is 4.46. The Hall–Kier alpha value is -3.72. The molecule has 0 atom stereocenters. The van der Waals surface area contributed by atoms with E-state index in [0.717, 1.165) is 9.87 Å². The number of benzene rings is 3. The van der Waals surface area contributed by atoms with Crippen LogP contribution in [0.25, 0.3) is 0 Å². The van der Waals surface area contributed by atoms with Gasteiger partial charge in [0, 0.05) is 11.8 Å². The summed E-state index contributed by atoms with van der Waals surface area (Å²) in [5, 5.41) is 2.75. The number of carbonyl (C=O) groups is 1. The molecule has 0 aliphatic carbocycles. The van der Waals surface area contributed by atoms with Gasteiger partial charge >= 0.3 is 0 Å². The van der Waals surface area contributed by atoms with E-state index >= 15 is 0 Å². The van der Waals surface area contributed by atoms with Crippen molar-refractivity contribution in [1.29, 1.82) is 0 Å². The Morgan fingerprint density at radius 2 is 1.71 bits per heavy atom. The smallest absolute Gasteiger partial charge is 0.264 e. The van der Waals surface area contributed by atoms with Crippen LogP contribution in [0.3, 0.4) is 0 Å². The SMILES string of the molecule is CCOc1ccccc1N(CC(=O)Nc1ccc2c(c1)OCCO2)S(=O)(=O)c1ccc(C)cc1. The Balaban J connectivity index is 1.66. The number of nitrogens with one attached hydrogen (secondary N) is 1. The van der Waals surface area contributed by atoms with Crippen LogP contribution in [0.1, 0.15) is 12.5 Å². The number of para-hydroxylation sites is 2. The minimum Gasteiger partial charge on any atom is -0.492 e. The molecule has 1 heterocycles. The number of amides is 1. The molecule has 0 fully saturated rings. The fourth-order valence-corrected chi connectivity index (χ4v) is 4.96. The van der Waals surface area contributed by atoms with E-state index in [1.54, 1.807) is 54.6 Å². The fraction of sp³-hybridized carbons (Fsp3) is 0.240. The molecule has 178 valence electrons. The molecule has 0 spiro atoms. The molecule has 3 aromatic carbocycles. The minimum absolute atomic E-state index is 0.0801. The highest BCUT2D eigenvalue weighted by atomic mass is 32.2. The Kier molecular flexibility index (Phi) is 6.93. The van der Waals surface area contributed by atoms with Gasteiger partial charge in [-0.2, -0.15) is 0 Å². The molecule has 0 unspecified atom stereocenters. The topological polar surface area (TPSA) is 94.2 Å².